The number of esters is 1. The number of imide groups is 1. The molecule has 0 unspecified atom stereocenters. The minimum absolute atomic E-state index is 0.123. The fourth-order valence-corrected chi connectivity index (χ4v) is 3.09. The third-order valence-electron chi connectivity index (χ3n) is 4.45. The van der Waals surface area contributed by atoms with Gasteiger partial charge in [-0.1, -0.05) is 13.8 Å². The maximum Gasteiger partial charge on any atom is 0.343 e. The first-order chi connectivity index (χ1) is 13.7. The van der Waals surface area contributed by atoms with E-state index in [1.807, 2.05) is 13.8 Å². The molecule has 1 aliphatic rings. The van der Waals surface area contributed by atoms with Crippen LogP contribution in [0.25, 0.3) is 0 Å². The van der Waals surface area contributed by atoms with Crippen LogP contribution in [0.2, 0.25) is 0 Å². The molecular formula is C20H22N4O5. The van der Waals surface area contributed by atoms with E-state index in [2.05, 4.69) is 10.4 Å². The van der Waals surface area contributed by atoms with E-state index in [1.165, 1.54) is 34.0 Å². The normalized spacial score (nSPS) is 13.1. The summed E-state index contributed by atoms with van der Waals surface area (Å²) in [6.45, 7) is 6.01. The number of ether oxygens (including phenoxy) is 1. The molecule has 0 atom stereocenters. The highest BCUT2D eigenvalue weighted by Gasteiger charge is 2.36. The maximum atomic E-state index is 12.7. The molecule has 0 fully saturated rings. The highest BCUT2D eigenvalue weighted by atomic mass is 16.5. The summed E-state index contributed by atoms with van der Waals surface area (Å²) in [5, 5.41) is 6.61. The first kappa shape index (κ1) is 20.2. The number of anilines is 1. The molecule has 0 radical (unpaired) electrons. The van der Waals surface area contributed by atoms with E-state index in [0.29, 0.717) is 6.54 Å². The Kier molecular flexibility index (Phi) is 5.49. The van der Waals surface area contributed by atoms with Crippen LogP contribution in [0, 0.1) is 5.92 Å². The third-order valence-corrected chi connectivity index (χ3v) is 4.45. The highest BCUT2D eigenvalue weighted by Crippen LogP contribution is 2.25. The standard InChI is InChI=1S/C20H22N4O5/c1-5-29-20(28)15-9-21-23(4)16(15)22-17(25)12-6-7-13-14(8-12)19(27)24(18(13)26)10-11(2)3/h6-9,11H,5,10H2,1-4H3,(H,22,25). The third kappa shape index (κ3) is 3.75. The van der Waals surface area contributed by atoms with Crippen molar-refractivity contribution in [2.24, 2.45) is 13.0 Å². The van der Waals surface area contributed by atoms with Crippen molar-refractivity contribution in [3.63, 3.8) is 0 Å². The number of nitrogens with zero attached hydrogens (tertiary/aromatic N) is 3. The van der Waals surface area contributed by atoms with E-state index in [0.717, 1.165) is 0 Å². The van der Waals surface area contributed by atoms with Gasteiger partial charge in [0, 0.05) is 19.2 Å². The number of hydrogen-bond acceptors (Lipinski definition) is 6. The summed E-state index contributed by atoms with van der Waals surface area (Å²) in [4.78, 5) is 51.0. The van der Waals surface area contributed by atoms with Gasteiger partial charge in [0.15, 0.2) is 0 Å². The van der Waals surface area contributed by atoms with E-state index in [9.17, 15) is 19.2 Å². The minimum atomic E-state index is -0.602. The van der Waals surface area contributed by atoms with Crippen molar-refractivity contribution >= 4 is 29.5 Å². The lowest BCUT2D eigenvalue weighted by Crippen LogP contribution is -2.33. The predicted octanol–water partition coefficient (Wildman–Crippen LogP) is 2.10. The van der Waals surface area contributed by atoms with Gasteiger partial charge >= 0.3 is 5.97 Å². The summed E-state index contributed by atoms with van der Waals surface area (Å²) in [6.07, 6.45) is 1.31. The van der Waals surface area contributed by atoms with Crippen molar-refractivity contribution in [3.05, 3.63) is 46.6 Å². The minimum Gasteiger partial charge on any atom is -0.462 e. The second-order valence-electron chi connectivity index (χ2n) is 7.08. The zero-order valence-electron chi connectivity index (χ0n) is 16.7. The first-order valence-electron chi connectivity index (χ1n) is 9.25. The lowest BCUT2D eigenvalue weighted by atomic mass is 10.1. The Morgan fingerprint density at radius 1 is 1.17 bits per heavy atom. The van der Waals surface area contributed by atoms with Crippen LogP contribution in [0.5, 0.6) is 0 Å². The molecule has 152 valence electrons. The molecule has 0 saturated carbocycles. The number of hydrogen-bond donors (Lipinski definition) is 1. The largest absolute Gasteiger partial charge is 0.462 e. The maximum absolute atomic E-state index is 12.7. The quantitative estimate of drug-likeness (QED) is 0.589. The number of carbonyl (C=O) groups excluding carboxylic acids is 4. The Morgan fingerprint density at radius 3 is 2.52 bits per heavy atom. The lowest BCUT2D eigenvalue weighted by Gasteiger charge is -2.15. The Bertz CT molecular complexity index is 1010. The van der Waals surface area contributed by atoms with Crippen LogP contribution < -0.4 is 5.32 Å². The van der Waals surface area contributed by atoms with Crippen LogP contribution in [0.3, 0.4) is 0 Å². The Morgan fingerprint density at radius 2 is 1.86 bits per heavy atom. The molecule has 0 saturated heterocycles. The topological polar surface area (TPSA) is 111 Å². The summed E-state index contributed by atoms with van der Waals surface area (Å²) in [5.74, 6) is -1.61. The fourth-order valence-electron chi connectivity index (χ4n) is 3.09. The molecule has 2 heterocycles. The number of nitrogens with one attached hydrogen (secondary N) is 1. The van der Waals surface area contributed by atoms with Crippen LogP contribution in [0.1, 0.15) is 62.2 Å². The molecule has 2 aromatic rings. The molecular weight excluding hydrogens is 376 g/mol. The molecule has 1 N–H and O–H groups in total. The summed E-state index contributed by atoms with van der Waals surface area (Å²) >= 11 is 0. The van der Waals surface area contributed by atoms with Crippen molar-refractivity contribution in [2.45, 2.75) is 20.8 Å². The molecule has 1 aromatic heterocycles. The van der Waals surface area contributed by atoms with Crippen LogP contribution >= 0.6 is 0 Å². The van der Waals surface area contributed by atoms with Gasteiger partial charge in [0.2, 0.25) is 0 Å². The molecule has 0 bridgehead atoms. The van der Waals surface area contributed by atoms with Crippen molar-refractivity contribution in [1.29, 1.82) is 0 Å². The molecule has 3 amide bonds. The van der Waals surface area contributed by atoms with Gasteiger partial charge in [-0.05, 0) is 31.0 Å². The highest BCUT2D eigenvalue weighted by molar-refractivity contribution is 6.22. The van der Waals surface area contributed by atoms with Gasteiger partial charge in [-0.3, -0.25) is 24.0 Å². The van der Waals surface area contributed by atoms with E-state index >= 15 is 0 Å². The van der Waals surface area contributed by atoms with E-state index in [4.69, 9.17) is 4.74 Å². The summed E-state index contributed by atoms with van der Waals surface area (Å²) in [6, 6.07) is 4.34. The SMILES string of the molecule is CCOC(=O)c1cnn(C)c1NC(=O)c1ccc2c(c1)C(=O)N(CC(C)C)C2=O. The number of benzene rings is 1. The van der Waals surface area contributed by atoms with Gasteiger partial charge < -0.3 is 10.1 Å². The van der Waals surface area contributed by atoms with Crippen molar-refractivity contribution in [1.82, 2.24) is 14.7 Å². The molecule has 0 spiro atoms. The second kappa shape index (κ2) is 7.86. The van der Waals surface area contributed by atoms with Gasteiger partial charge in [0.1, 0.15) is 11.4 Å². The predicted molar refractivity (Wildman–Crippen MR) is 104 cm³/mol. The van der Waals surface area contributed by atoms with Gasteiger partial charge in [-0.2, -0.15) is 5.10 Å². The number of rotatable bonds is 6. The van der Waals surface area contributed by atoms with Gasteiger partial charge in [-0.25, -0.2) is 4.79 Å². The van der Waals surface area contributed by atoms with Crippen LogP contribution in [-0.4, -0.2) is 51.5 Å². The van der Waals surface area contributed by atoms with Crippen molar-refractivity contribution in [2.75, 3.05) is 18.5 Å². The molecule has 9 nitrogen and oxygen atoms in total. The van der Waals surface area contributed by atoms with E-state index < -0.39 is 17.8 Å². The van der Waals surface area contributed by atoms with Gasteiger partial charge in [0.05, 0.1) is 23.9 Å². The Labute approximate surface area is 167 Å². The number of amides is 3. The van der Waals surface area contributed by atoms with Crippen molar-refractivity contribution < 1.29 is 23.9 Å². The second-order valence-corrected chi connectivity index (χ2v) is 7.08. The molecule has 29 heavy (non-hydrogen) atoms. The monoisotopic (exact) mass is 398 g/mol. The summed E-state index contributed by atoms with van der Waals surface area (Å²) in [7, 11) is 1.58. The fraction of sp³-hybridized carbons (Fsp3) is 0.350. The zero-order valence-corrected chi connectivity index (χ0v) is 16.7. The molecule has 1 aromatic carbocycles. The van der Waals surface area contributed by atoms with Gasteiger partial charge in [-0.15, -0.1) is 0 Å². The Balaban J connectivity index is 1.86. The number of aryl methyl sites for hydroxylation is 1. The molecule has 9 heteroatoms. The molecule has 1 aliphatic heterocycles. The average molecular weight is 398 g/mol. The van der Waals surface area contributed by atoms with E-state index in [1.54, 1.807) is 14.0 Å². The molecule has 3 rings (SSSR count). The number of carbonyl (C=O) groups is 4. The smallest absolute Gasteiger partial charge is 0.343 e. The van der Waals surface area contributed by atoms with E-state index in [-0.39, 0.29) is 46.5 Å². The summed E-state index contributed by atoms with van der Waals surface area (Å²) in [5.41, 5.74) is 0.782. The van der Waals surface area contributed by atoms with Crippen molar-refractivity contribution in [3.8, 4) is 0 Å². The van der Waals surface area contributed by atoms with Gasteiger partial charge in [0.25, 0.3) is 17.7 Å². The van der Waals surface area contributed by atoms with Crippen LogP contribution in [0.4, 0.5) is 5.82 Å². The van der Waals surface area contributed by atoms with Crippen LogP contribution in [-0.2, 0) is 11.8 Å². The average Bonchev–Trinajstić information content (AvgIpc) is 3.14. The Hall–Kier alpha value is -3.49. The zero-order chi connectivity index (χ0) is 21.3. The number of fused-ring (bicyclic) bond motifs is 1. The van der Waals surface area contributed by atoms with Crippen LogP contribution in [0.15, 0.2) is 24.4 Å². The number of aromatic nitrogens is 2. The molecule has 0 aliphatic carbocycles. The first-order valence-corrected chi connectivity index (χ1v) is 9.25. The lowest BCUT2D eigenvalue weighted by molar-refractivity contribution is 0.0526. The summed E-state index contributed by atoms with van der Waals surface area (Å²) < 4.78 is 6.31.